The number of halogens is 2. The van der Waals surface area contributed by atoms with Crippen LogP contribution in [0, 0.1) is 11.6 Å². The quantitative estimate of drug-likeness (QED) is 0.834. The molecule has 0 amide bonds. The van der Waals surface area contributed by atoms with Crippen LogP contribution >= 0.6 is 0 Å². The Labute approximate surface area is 115 Å². The summed E-state index contributed by atoms with van der Waals surface area (Å²) in [6.07, 6.45) is 0.397. The molecule has 0 N–H and O–H groups in total. The van der Waals surface area contributed by atoms with Crippen molar-refractivity contribution in [2.75, 3.05) is 11.4 Å². The maximum atomic E-state index is 13.7. The van der Waals surface area contributed by atoms with Gasteiger partial charge in [0.2, 0.25) is 0 Å². The van der Waals surface area contributed by atoms with Gasteiger partial charge in [0.15, 0.2) is 17.4 Å². The van der Waals surface area contributed by atoms with Gasteiger partial charge in [-0.3, -0.25) is 4.79 Å². The Kier molecular flexibility index (Phi) is 3.22. The van der Waals surface area contributed by atoms with Gasteiger partial charge in [0.1, 0.15) is 0 Å². The van der Waals surface area contributed by atoms with Gasteiger partial charge in [-0.05, 0) is 18.2 Å². The molecule has 1 aliphatic rings. The predicted octanol–water partition coefficient (Wildman–Crippen LogP) is 3.56. The lowest BCUT2D eigenvalue weighted by Gasteiger charge is -2.30. The second-order valence-corrected chi connectivity index (χ2v) is 4.82. The number of carbonyl (C=O) groups excluding carboxylic acids is 1. The van der Waals surface area contributed by atoms with Crippen LogP contribution in [0.4, 0.5) is 14.5 Å². The first kappa shape index (κ1) is 12.8. The van der Waals surface area contributed by atoms with Crippen LogP contribution in [0.2, 0.25) is 0 Å². The highest BCUT2D eigenvalue weighted by molar-refractivity contribution is 6.03. The number of carbonyl (C=O) groups is 1. The average molecular weight is 273 g/mol. The van der Waals surface area contributed by atoms with Crippen LogP contribution < -0.4 is 4.90 Å². The molecule has 2 aromatic rings. The second kappa shape index (κ2) is 5.04. The summed E-state index contributed by atoms with van der Waals surface area (Å²) in [7, 11) is 0. The molecule has 0 unspecified atom stereocenters. The van der Waals surface area contributed by atoms with Crippen molar-refractivity contribution in [1.29, 1.82) is 0 Å². The van der Waals surface area contributed by atoms with Crippen LogP contribution in [0.1, 0.15) is 22.3 Å². The lowest BCUT2D eigenvalue weighted by Crippen LogP contribution is -2.31. The summed E-state index contributed by atoms with van der Waals surface area (Å²) in [6.45, 7) is 0.777. The van der Waals surface area contributed by atoms with Crippen molar-refractivity contribution in [3.63, 3.8) is 0 Å². The minimum absolute atomic E-state index is 0.0940. The maximum absolute atomic E-state index is 13.7. The van der Waals surface area contributed by atoms with E-state index in [0.29, 0.717) is 24.1 Å². The van der Waals surface area contributed by atoms with Crippen LogP contribution in [0.5, 0.6) is 0 Å². The Bertz CT molecular complexity index is 669. The molecular formula is C16H13F2NO. The zero-order valence-corrected chi connectivity index (χ0v) is 10.8. The Morgan fingerprint density at radius 2 is 1.85 bits per heavy atom. The normalized spacial score (nSPS) is 14.3. The molecule has 2 aromatic carbocycles. The molecule has 0 aromatic heterocycles. The van der Waals surface area contributed by atoms with E-state index in [1.165, 1.54) is 6.07 Å². The largest absolute Gasteiger partial charge is 0.366 e. The first-order valence-corrected chi connectivity index (χ1v) is 6.47. The molecule has 2 nitrogen and oxygen atoms in total. The van der Waals surface area contributed by atoms with Gasteiger partial charge in [-0.25, -0.2) is 8.78 Å². The van der Waals surface area contributed by atoms with E-state index in [1.807, 2.05) is 23.1 Å². The fourth-order valence-corrected chi connectivity index (χ4v) is 2.52. The molecule has 0 saturated carbocycles. The van der Waals surface area contributed by atoms with Crippen molar-refractivity contribution in [1.82, 2.24) is 0 Å². The van der Waals surface area contributed by atoms with E-state index in [0.717, 1.165) is 11.8 Å². The Balaban J connectivity index is 1.95. The third kappa shape index (κ3) is 2.18. The summed E-state index contributed by atoms with van der Waals surface area (Å²) >= 11 is 0. The summed E-state index contributed by atoms with van der Waals surface area (Å²) in [5.74, 6) is -1.57. The third-order valence-corrected chi connectivity index (χ3v) is 3.55. The second-order valence-electron chi connectivity index (χ2n) is 4.82. The van der Waals surface area contributed by atoms with Crippen molar-refractivity contribution >= 4 is 11.5 Å². The van der Waals surface area contributed by atoms with E-state index in [-0.39, 0.29) is 12.3 Å². The molecule has 0 spiro atoms. The van der Waals surface area contributed by atoms with E-state index >= 15 is 0 Å². The van der Waals surface area contributed by atoms with Crippen molar-refractivity contribution in [2.24, 2.45) is 0 Å². The minimum atomic E-state index is -0.844. The van der Waals surface area contributed by atoms with Crippen molar-refractivity contribution in [3.05, 3.63) is 65.2 Å². The molecular weight excluding hydrogens is 260 g/mol. The van der Waals surface area contributed by atoms with Gasteiger partial charge >= 0.3 is 0 Å². The van der Waals surface area contributed by atoms with Gasteiger partial charge in [0.05, 0.1) is 0 Å². The first-order chi connectivity index (χ1) is 9.66. The topological polar surface area (TPSA) is 20.3 Å². The number of Topliss-reactive ketones (excluding diaryl/α,β-unsaturated/α-hetero) is 1. The highest BCUT2D eigenvalue weighted by atomic mass is 19.2. The summed E-state index contributed by atoms with van der Waals surface area (Å²) in [4.78, 5) is 13.8. The predicted molar refractivity (Wildman–Crippen MR) is 72.8 cm³/mol. The zero-order chi connectivity index (χ0) is 14.1. The molecule has 4 heteroatoms. The number of ketones is 1. The number of nitrogens with zero attached hydrogens (tertiary/aromatic N) is 1. The average Bonchev–Trinajstić information content (AvgIpc) is 2.47. The highest BCUT2D eigenvalue weighted by Crippen LogP contribution is 2.28. The fraction of sp³-hybridized carbons (Fsp3) is 0.188. The van der Waals surface area contributed by atoms with E-state index in [1.54, 1.807) is 12.1 Å². The molecule has 0 aliphatic carbocycles. The zero-order valence-electron chi connectivity index (χ0n) is 10.8. The van der Waals surface area contributed by atoms with Crippen molar-refractivity contribution in [2.45, 2.75) is 13.0 Å². The van der Waals surface area contributed by atoms with Crippen molar-refractivity contribution < 1.29 is 13.6 Å². The monoisotopic (exact) mass is 273 g/mol. The summed E-state index contributed by atoms with van der Waals surface area (Å²) in [5.41, 5.74) is 1.73. The standard InChI is InChI=1S/C16H13F2NO/c17-13-6-3-4-11(16(13)18)10-19-9-8-15(20)12-5-1-2-7-14(12)19/h1-7H,8-10H2. The highest BCUT2D eigenvalue weighted by Gasteiger charge is 2.23. The molecule has 0 saturated heterocycles. The molecule has 0 bridgehead atoms. The Hall–Kier alpha value is -2.23. The van der Waals surface area contributed by atoms with Gasteiger partial charge in [-0.15, -0.1) is 0 Å². The number of anilines is 1. The number of fused-ring (bicyclic) bond motifs is 1. The van der Waals surface area contributed by atoms with Gasteiger partial charge in [-0.1, -0.05) is 24.3 Å². The summed E-state index contributed by atoms with van der Waals surface area (Å²) < 4.78 is 27.0. The van der Waals surface area contributed by atoms with Crippen LogP contribution in [-0.4, -0.2) is 12.3 Å². The molecule has 1 aliphatic heterocycles. The lowest BCUT2D eigenvalue weighted by atomic mass is 10.00. The van der Waals surface area contributed by atoms with E-state index < -0.39 is 11.6 Å². The fourth-order valence-electron chi connectivity index (χ4n) is 2.52. The Morgan fingerprint density at radius 3 is 2.70 bits per heavy atom. The van der Waals surface area contributed by atoms with Crippen LogP contribution in [-0.2, 0) is 6.54 Å². The molecule has 0 fully saturated rings. The first-order valence-electron chi connectivity index (χ1n) is 6.47. The smallest absolute Gasteiger partial charge is 0.166 e. The van der Waals surface area contributed by atoms with Crippen LogP contribution in [0.25, 0.3) is 0 Å². The third-order valence-electron chi connectivity index (χ3n) is 3.55. The summed E-state index contributed by atoms with van der Waals surface area (Å²) in [6, 6.07) is 11.4. The van der Waals surface area contributed by atoms with Gasteiger partial charge in [0.25, 0.3) is 0 Å². The number of para-hydroxylation sites is 1. The van der Waals surface area contributed by atoms with Crippen LogP contribution in [0.15, 0.2) is 42.5 Å². The molecule has 102 valence electrons. The maximum Gasteiger partial charge on any atom is 0.166 e. The lowest BCUT2D eigenvalue weighted by molar-refractivity contribution is 0.0979. The minimum Gasteiger partial charge on any atom is -0.366 e. The van der Waals surface area contributed by atoms with Gasteiger partial charge < -0.3 is 4.90 Å². The molecule has 0 radical (unpaired) electrons. The number of hydrogen-bond acceptors (Lipinski definition) is 2. The van der Waals surface area contributed by atoms with E-state index in [4.69, 9.17) is 0 Å². The molecule has 1 heterocycles. The van der Waals surface area contributed by atoms with Crippen LogP contribution in [0.3, 0.4) is 0 Å². The van der Waals surface area contributed by atoms with Gasteiger partial charge in [0, 0.05) is 36.3 Å². The number of rotatable bonds is 2. The van der Waals surface area contributed by atoms with Crippen molar-refractivity contribution in [3.8, 4) is 0 Å². The summed E-state index contributed by atoms with van der Waals surface area (Å²) in [5, 5.41) is 0. The number of benzene rings is 2. The molecule has 20 heavy (non-hydrogen) atoms. The van der Waals surface area contributed by atoms with Gasteiger partial charge in [-0.2, -0.15) is 0 Å². The molecule has 3 rings (SSSR count). The number of hydrogen-bond donors (Lipinski definition) is 0. The Morgan fingerprint density at radius 1 is 1.05 bits per heavy atom. The van der Waals surface area contributed by atoms with E-state index in [2.05, 4.69) is 0 Å². The van der Waals surface area contributed by atoms with E-state index in [9.17, 15) is 13.6 Å². The SMILES string of the molecule is O=C1CCN(Cc2cccc(F)c2F)c2ccccc21. The molecule has 0 atom stereocenters.